The van der Waals surface area contributed by atoms with Crippen LogP contribution in [0.3, 0.4) is 0 Å². The molecule has 0 saturated heterocycles. The molecule has 0 aliphatic rings. The van der Waals surface area contributed by atoms with E-state index in [-0.39, 0.29) is 17.8 Å². The van der Waals surface area contributed by atoms with E-state index >= 15 is 0 Å². The zero-order valence-corrected chi connectivity index (χ0v) is 7.79. The Morgan fingerprint density at radius 2 is 2.23 bits per heavy atom. The first-order valence-electron chi connectivity index (χ1n) is 4.10. The third-order valence-corrected chi connectivity index (χ3v) is 1.73. The topological polar surface area (TPSA) is 69.4 Å². The van der Waals surface area contributed by atoms with Crippen molar-refractivity contribution in [3.05, 3.63) is 12.7 Å². The van der Waals surface area contributed by atoms with E-state index in [0.29, 0.717) is 19.3 Å². The van der Waals surface area contributed by atoms with Gasteiger partial charge < -0.3 is 10.5 Å². The highest BCUT2D eigenvalue weighted by atomic mass is 16.5. The summed E-state index contributed by atoms with van der Waals surface area (Å²) >= 11 is 0. The largest absolute Gasteiger partial charge is 0.469 e. The summed E-state index contributed by atoms with van der Waals surface area (Å²) in [7, 11) is 1.33. The van der Waals surface area contributed by atoms with Crippen molar-refractivity contribution in [3.63, 3.8) is 0 Å². The number of carbonyl (C=O) groups is 2. The highest BCUT2D eigenvalue weighted by Gasteiger charge is 2.14. The minimum atomic E-state index is -0.354. The molecular formula is C9H15NO3. The second kappa shape index (κ2) is 6.22. The minimum Gasteiger partial charge on any atom is -0.469 e. The van der Waals surface area contributed by atoms with Crippen LogP contribution >= 0.6 is 0 Å². The van der Waals surface area contributed by atoms with E-state index in [1.165, 1.54) is 13.2 Å². The van der Waals surface area contributed by atoms with Crippen molar-refractivity contribution >= 4 is 11.9 Å². The number of esters is 1. The van der Waals surface area contributed by atoms with Gasteiger partial charge in [-0.1, -0.05) is 6.08 Å². The molecule has 0 bridgehead atoms. The molecule has 0 saturated carbocycles. The molecule has 74 valence electrons. The minimum absolute atomic E-state index is 0.293. The van der Waals surface area contributed by atoms with Crippen molar-refractivity contribution in [1.29, 1.82) is 0 Å². The molecular weight excluding hydrogens is 170 g/mol. The summed E-state index contributed by atoms with van der Waals surface area (Å²) in [6, 6.07) is 0. The number of methoxy groups -OCH3 is 1. The summed E-state index contributed by atoms with van der Waals surface area (Å²) in [5, 5.41) is 0. The van der Waals surface area contributed by atoms with Gasteiger partial charge in [0.15, 0.2) is 0 Å². The van der Waals surface area contributed by atoms with E-state index in [0.717, 1.165) is 0 Å². The lowest BCUT2D eigenvalue weighted by Gasteiger charge is -2.08. The number of nitrogens with two attached hydrogens (primary N) is 1. The van der Waals surface area contributed by atoms with Crippen LogP contribution in [0.4, 0.5) is 0 Å². The molecule has 13 heavy (non-hydrogen) atoms. The molecule has 4 nitrogen and oxygen atoms in total. The van der Waals surface area contributed by atoms with Gasteiger partial charge in [0.05, 0.1) is 13.0 Å². The zero-order valence-electron chi connectivity index (χ0n) is 7.79. The van der Waals surface area contributed by atoms with Gasteiger partial charge in [-0.2, -0.15) is 0 Å². The number of hydrogen-bond acceptors (Lipinski definition) is 3. The Kier molecular flexibility index (Phi) is 5.59. The first kappa shape index (κ1) is 11.7. The Morgan fingerprint density at radius 1 is 1.62 bits per heavy atom. The van der Waals surface area contributed by atoms with Crippen LogP contribution in [0, 0.1) is 5.92 Å². The normalized spacial score (nSPS) is 11.8. The van der Waals surface area contributed by atoms with Gasteiger partial charge in [0.2, 0.25) is 5.91 Å². The molecule has 1 unspecified atom stereocenters. The van der Waals surface area contributed by atoms with Crippen molar-refractivity contribution in [1.82, 2.24) is 0 Å². The second-order valence-electron chi connectivity index (χ2n) is 2.72. The fraction of sp³-hybridized carbons (Fsp3) is 0.556. The lowest BCUT2D eigenvalue weighted by molar-refractivity contribution is -0.144. The van der Waals surface area contributed by atoms with Gasteiger partial charge >= 0.3 is 5.97 Å². The summed E-state index contributed by atoms with van der Waals surface area (Å²) < 4.78 is 4.53. The van der Waals surface area contributed by atoms with Crippen LogP contribution in [-0.4, -0.2) is 19.0 Å². The van der Waals surface area contributed by atoms with E-state index in [2.05, 4.69) is 11.3 Å². The predicted octanol–water partition coefficient (Wildman–Crippen LogP) is 0.617. The van der Waals surface area contributed by atoms with Crippen molar-refractivity contribution < 1.29 is 14.3 Å². The molecule has 0 radical (unpaired) electrons. The Balaban J connectivity index is 3.79. The monoisotopic (exact) mass is 185 g/mol. The Bertz CT molecular complexity index is 201. The molecule has 0 aliphatic heterocycles. The first-order chi connectivity index (χ1) is 6.11. The molecule has 0 fully saturated rings. The van der Waals surface area contributed by atoms with Crippen molar-refractivity contribution in [2.24, 2.45) is 11.7 Å². The van der Waals surface area contributed by atoms with E-state index in [4.69, 9.17) is 5.73 Å². The molecule has 2 N–H and O–H groups in total. The summed E-state index contributed by atoms with van der Waals surface area (Å²) in [5.41, 5.74) is 4.95. The number of carbonyl (C=O) groups excluding carboxylic acids is 2. The van der Waals surface area contributed by atoms with Gasteiger partial charge in [-0.05, 0) is 12.8 Å². The standard InChI is InChI=1S/C9H15NO3/c1-3-7(9(12)13-2)5-4-6-8(10)11/h3,7H,1,4-6H2,2H3,(H2,10,11). The summed E-state index contributed by atoms with van der Waals surface area (Å²) in [6.45, 7) is 3.51. The second-order valence-corrected chi connectivity index (χ2v) is 2.72. The van der Waals surface area contributed by atoms with Crippen molar-refractivity contribution in [3.8, 4) is 0 Å². The molecule has 0 rings (SSSR count). The molecule has 0 aromatic carbocycles. The lowest BCUT2D eigenvalue weighted by atomic mass is 10.0. The van der Waals surface area contributed by atoms with E-state index in [1.54, 1.807) is 0 Å². The highest BCUT2D eigenvalue weighted by Crippen LogP contribution is 2.10. The Morgan fingerprint density at radius 3 is 2.62 bits per heavy atom. The van der Waals surface area contributed by atoms with Crippen LogP contribution < -0.4 is 5.73 Å². The van der Waals surface area contributed by atoms with Crippen LogP contribution in [0.5, 0.6) is 0 Å². The van der Waals surface area contributed by atoms with Gasteiger partial charge in [0.25, 0.3) is 0 Å². The molecule has 4 heteroatoms. The van der Waals surface area contributed by atoms with Crippen molar-refractivity contribution in [2.45, 2.75) is 19.3 Å². The third-order valence-electron chi connectivity index (χ3n) is 1.73. The third kappa shape index (κ3) is 5.00. The zero-order chi connectivity index (χ0) is 10.3. The molecule has 0 aliphatic carbocycles. The van der Waals surface area contributed by atoms with Crippen LogP contribution in [0.2, 0.25) is 0 Å². The van der Waals surface area contributed by atoms with E-state index in [9.17, 15) is 9.59 Å². The molecule has 1 amide bonds. The quantitative estimate of drug-likeness (QED) is 0.487. The maximum Gasteiger partial charge on any atom is 0.312 e. The van der Waals surface area contributed by atoms with Crippen molar-refractivity contribution in [2.75, 3.05) is 7.11 Å². The fourth-order valence-electron chi connectivity index (χ4n) is 0.980. The molecule has 0 heterocycles. The highest BCUT2D eigenvalue weighted by molar-refractivity contribution is 5.75. The van der Waals surface area contributed by atoms with Gasteiger partial charge in [-0.3, -0.25) is 9.59 Å². The number of amides is 1. The van der Waals surface area contributed by atoms with Crippen LogP contribution in [0.1, 0.15) is 19.3 Å². The summed E-state index contributed by atoms with van der Waals surface area (Å²) in [5.74, 6) is -1.00. The van der Waals surface area contributed by atoms with Gasteiger partial charge in [0.1, 0.15) is 0 Å². The first-order valence-corrected chi connectivity index (χ1v) is 4.10. The predicted molar refractivity (Wildman–Crippen MR) is 48.7 cm³/mol. The van der Waals surface area contributed by atoms with Gasteiger partial charge in [-0.25, -0.2) is 0 Å². The Hall–Kier alpha value is -1.32. The molecule has 1 atom stereocenters. The maximum atomic E-state index is 11.0. The number of primary amides is 1. The van der Waals surface area contributed by atoms with Gasteiger partial charge in [0, 0.05) is 6.42 Å². The maximum absolute atomic E-state index is 11.0. The average Bonchev–Trinajstić information content (AvgIpc) is 2.11. The number of rotatable bonds is 6. The Labute approximate surface area is 77.7 Å². The molecule has 0 aromatic heterocycles. The fourth-order valence-corrected chi connectivity index (χ4v) is 0.980. The number of hydrogen-bond donors (Lipinski definition) is 1. The summed E-state index contributed by atoms with van der Waals surface area (Å²) in [4.78, 5) is 21.4. The summed E-state index contributed by atoms with van der Waals surface area (Å²) in [6.07, 6.45) is 2.95. The van der Waals surface area contributed by atoms with Crippen LogP contribution in [0.15, 0.2) is 12.7 Å². The smallest absolute Gasteiger partial charge is 0.312 e. The van der Waals surface area contributed by atoms with Crippen LogP contribution in [0.25, 0.3) is 0 Å². The molecule has 0 spiro atoms. The van der Waals surface area contributed by atoms with Gasteiger partial charge in [-0.15, -0.1) is 6.58 Å². The lowest BCUT2D eigenvalue weighted by Crippen LogP contribution is -2.15. The molecule has 0 aromatic rings. The number of ether oxygens (including phenoxy) is 1. The van der Waals surface area contributed by atoms with E-state index < -0.39 is 0 Å². The average molecular weight is 185 g/mol. The van der Waals surface area contributed by atoms with Crippen LogP contribution in [-0.2, 0) is 14.3 Å². The van der Waals surface area contributed by atoms with E-state index in [1.807, 2.05) is 0 Å². The SMILES string of the molecule is C=CC(CCCC(N)=O)C(=O)OC.